The second-order valence-corrected chi connectivity index (χ2v) is 7.04. The van der Waals surface area contributed by atoms with Crippen LogP contribution in [0.1, 0.15) is 31.7 Å². The Morgan fingerprint density at radius 2 is 1.38 bits per heavy atom. The summed E-state index contributed by atoms with van der Waals surface area (Å²) in [5.41, 5.74) is 1.70. The molecule has 0 amide bonds. The van der Waals surface area contributed by atoms with Gasteiger partial charge in [0.25, 0.3) is 0 Å². The minimum Gasteiger partial charge on any atom is -0.391 e. The molecule has 1 rings (SSSR count). The zero-order chi connectivity index (χ0) is 26.6. The molecule has 0 unspecified atom stereocenters. The average molecular weight is 514 g/mol. The predicted molar refractivity (Wildman–Crippen MR) is 98.5 cm³/mol. The Balaban J connectivity index is 3.66. The third-order valence-corrected chi connectivity index (χ3v) is 4.53. The Hall–Kier alpha value is -2.40. The molecule has 1 aromatic carbocycles. The molecule has 0 aromatic heterocycles. The van der Waals surface area contributed by atoms with E-state index in [1.165, 1.54) is 24.3 Å². The van der Waals surface area contributed by atoms with E-state index >= 15 is 0 Å². The number of rotatable bonds is 10. The van der Waals surface area contributed by atoms with Crippen LogP contribution in [0.25, 0.3) is 5.57 Å². The van der Waals surface area contributed by atoms with Crippen molar-refractivity contribution in [1.82, 2.24) is 0 Å². The van der Waals surface area contributed by atoms with Crippen molar-refractivity contribution < 1.29 is 57.8 Å². The van der Waals surface area contributed by atoms with Gasteiger partial charge in [-0.15, -0.1) is 5.73 Å². The van der Waals surface area contributed by atoms with Crippen LogP contribution in [0.5, 0.6) is 0 Å². The molecular weight excluding hydrogens is 496 g/mol. The van der Waals surface area contributed by atoms with E-state index in [0.717, 1.165) is 0 Å². The lowest BCUT2D eigenvalue weighted by atomic mass is 9.96. The smallest absolute Gasteiger partial charge is 0.391 e. The summed E-state index contributed by atoms with van der Waals surface area (Å²) in [6.07, 6.45) is -7.66. The van der Waals surface area contributed by atoms with Crippen molar-refractivity contribution in [3.8, 4) is 0 Å². The molecule has 0 saturated heterocycles. The summed E-state index contributed by atoms with van der Waals surface area (Å²) < 4.78 is 159. The van der Waals surface area contributed by atoms with Gasteiger partial charge in [0.05, 0.1) is 6.61 Å². The molecule has 1 aromatic rings. The van der Waals surface area contributed by atoms with E-state index in [0.29, 0.717) is 6.42 Å². The monoisotopic (exact) mass is 514 g/mol. The van der Waals surface area contributed by atoms with E-state index in [-0.39, 0.29) is 24.0 Å². The first-order valence-corrected chi connectivity index (χ1v) is 9.49. The number of halogens is 12. The Morgan fingerprint density at radius 1 is 0.853 bits per heavy atom. The van der Waals surface area contributed by atoms with Crippen molar-refractivity contribution in [3.63, 3.8) is 0 Å². The maximum Gasteiger partial charge on any atom is 0.460 e. The number of unbranched alkanes of at least 4 members (excludes halogenated alkanes) is 1. The summed E-state index contributed by atoms with van der Waals surface area (Å²) in [5, 5.41) is 9.46. The van der Waals surface area contributed by atoms with E-state index < -0.39 is 53.9 Å². The topological polar surface area (TPSA) is 20.2 Å². The lowest BCUT2D eigenvalue weighted by Gasteiger charge is -2.36. The highest BCUT2D eigenvalue weighted by molar-refractivity contribution is 5.66. The fourth-order valence-corrected chi connectivity index (χ4v) is 2.54. The predicted octanol–water partition coefficient (Wildman–Crippen LogP) is 7.73. The van der Waals surface area contributed by atoms with Crippen molar-refractivity contribution in [3.05, 3.63) is 59.1 Å². The minimum absolute atomic E-state index is 0.101. The summed E-state index contributed by atoms with van der Waals surface area (Å²) in [5.74, 6) is -33.0. The number of allylic oxidation sites excluding steroid dienone is 2. The van der Waals surface area contributed by atoms with E-state index in [4.69, 9.17) is 0 Å². The van der Waals surface area contributed by atoms with Gasteiger partial charge < -0.3 is 5.11 Å². The molecule has 13 heteroatoms. The van der Waals surface area contributed by atoms with Crippen LogP contribution in [0, 0.1) is 0 Å². The van der Waals surface area contributed by atoms with E-state index in [2.05, 4.69) is 5.73 Å². The first-order chi connectivity index (χ1) is 15.4. The molecule has 0 radical (unpaired) electrons. The number of aliphatic hydroxyl groups is 1. The minimum atomic E-state index is -7.71. The second-order valence-electron chi connectivity index (χ2n) is 7.04. The number of benzene rings is 1. The van der Waals surface area contributed by atoms with Gasteiger partial charge in [-0.2, -0.15) is 48.3 Å². The molecule has 0 aliphatic carbocycles. The Labute approximate surface area is 186 Å². The van der Waals surface area contributed by atoms with E-state index in [1.54, 1.807) is 13.0 Å². The molecular formula is C21H18F12O. The van der Waals surface area contributed by atoms with Gasteiger partial charge in [0, 0.05) is 5.57 Å². The van der Waals surface area contributed by atoms with Gasteiger partial charge >= 0.3 is 29.9 Å². The lowest BCUT2D eigenvalue weighted by Crippen LogP contribution is -2.66. The van der Waals surface area contributed by atoms with Crippen LogP contribution in [0.2, 0.25) is 0 Å². The van der Waals surface area contributed by atoms with Crippen molar-refractivity contribution in [2.45, 2.75) is 56.1 Å². The fraction of sp³-hybridized carbons (Fsp3) is 0.476. The lowest BCUT2D eigenvalue weighted by molar-refractivity contribution is -0.419. The first kappa shape index (κ1) is 29.6. The fourth-order valence-electron chi connectivity index (χ4n) is 2.54. The Morgan fingerprint density at radius 3 is 1.82 bits per heavy atom. The summed E-state index contributed by atoms with van der Waals surface area (Å²) in [4.78, 5) is 0. The maximum absolute atomic E-state index is 14.2. The molecule has 0 fully saturated rings. The largest absolute Gasteiger partial charge is 0.460 e. The molecule has 192 valence electrons. The zero-order valence-corrected chi connectivity index (χ0v) is 17.3. The summed E-state index contributed by atoms with van der Waals surface area (Å²) in [6, 6.07) is 7.31. The van der Waals surface area contributed by atoms with Gasteiger partial charge in [0.15, 0.2) is 5.83 Å². The molecule has 0 saturated carbocycles. The van der Waals surface area contributed by atoms with Crippen LogP contribution in [-0.2, 0) is 0 Å². The summed E-state index contributed by atoms with van der Waals surface area (Å²) in [7, 11) is 0. The molecule has 0 aliphatic heterocycles. The summed E-state index contributed by atoms with van der Waals surface area (Å²) >= 11 is 0. The van der Waals surface area contributed by atoms with Crippen LogP contribution in [0.3, 0.4) is 0 Å². The van der Waals surface area contributed by atoms with E-state index in [1.807, 2.05) is 0 Å². The van der Waals surface area contributed by atoms with Crippen LogP contribution in [-0.4, -0.2) is 41.6 Å². The van der Waals surface area contributed by atoms with Crippen molar-refractivity contribution in [2.75, 3.05) is 6.61 Å². The van der Waals surface area contributed by atoms with Crippen LogP contribution >= 0.6 is 0 Å². The zero-order valence-electron chi connectivity index (χ0n) is 17.3. The van der Waals surface area contributed by atoms with Gasteiger partial charge in [-0.25, -0.2) is 4.39 Å². The van der Waals surface area contributed by atoms with Crippen LogP contribution in [0.15, 0.2) is 53.5 Å². The van der Waals surface area contributed by atoms with Gasteiger partial charge in [0.2, 0.25) is 0 Å². The number of alkyl halides is 11. The third-order valence-electron chi connectivity index (χ3n) is 4.53. The average Bonchev–Trinajstić information content (AvgIpc) is 2.74. The molecule has 0 spiro atoms. The molecule has 0 aliphatic rings. The summed E-state index contributed by atoms with van der Waals surface area (Å²) in [6.45, 7) is 0.769. The number of aliphatic hydroxyl groups excluding tert-OH is 1. The Bertz CT molecular complexity index is 923. The molecule has 0 atom stereocenters. The number of hydrogen-bond acceptors (Lipinski definition) is 1. The van der Waals surface area contributed by atoms with Crippen LogP contribution < -0.4 is 0 Å². The highest BCUT2D eigenvalue weighted by Gasteiger charge is 2.87. The highest BCUT2D eigenvalue weighted by atomic mass is 19.4. The first-order valence-electron chi connectivity index (χ1n) is 9.49. The molecule has 1 nitrogen and oxygen atoms in total. The quantitative estimate of drug-likeness (QED) is 0.193. The van der Waals surface area contributed by atoms with Crippen molar-refractivity contribution in [2.24, 2.45) is 0 Å². The normalized spacial score (nSPS) is 14.1. The van der Waals surface area contributed by atoms with Gasteiger partial charge in [-0.1, -0.05) is 43.7 Å². The molecule has 0 bridgehead atoms. The maximum atomic E-state index is 14.2. The number of hydrogen-bond donors (Lipinski definition) is 1. The van der Waals surface area contributed by atoms with Crippen molar-refractivity contribution in [1.29, 1.82) is 0 Å². The van der Waals surface area contributed by atoms with Gasteiger partial charge in [-0.3, -0.25) is 0 Å². The van der Waals surface area contributed by atoms with Crippen LogP contribution in [0.4, 0.5) is 52.7 Å². The second kappa shape index (κ2) is 10.5. The third kappa shape index (κ3) is 5.63. The Kier molecular flexibility index (Phi) is 9.13. The standard InChI is InChI=1S/C21H18F12O/c1-2-3-7-13(10-15(12-34)14-8-5-4-6-9-14)11-16(22)17(23,24)18(25,26)19(27,28)20(29,30)21(31,32)33/h4-6,8-9,11,34H,2-3,7,12H2,1H3/b16-11-. The SMILES string of the molecule is CCCCC(=C=C(CO)c1ccccc1)/C=C(\F)C(F)(F)C(F)(F)C(F)(F)C(F)(F)C(F)(F)F. The van der Waals surface area contributed by atoms with Crippen molar-refractivity contribution >= 4 is 5.57 Å². The molecule has 1 N–H and O–H groups in total. The van der Waals surface area contributed by atoms with Gasteiger partial charge in [0.1, 0.15) is 0 Å². The highest BCUT2D eigenvalue weighted by Crippen LogP contribution is 2.58. The molecule has 34 heavy (non-hydrogen) atoms. The molecule has 0 heterocycles. The van der Waals surface area contributed by atoms with Gasteiger partial charge in [-0.05, 0) is 30.1 Å². The van der Waals surface area contributed by atoms with E-state index in [9.17, 15) is 57.8 Å².